The summed E-state index contributed by atoms with van der Waals surface area (Å²) < 4.78 is 0. The van der Waals surface area contributed by atoms with Crippen LogP contribution in [0.2, 0.25) is 0 Å². The highest BCUT2D eigenvalue weighted by molar-refractivity contribution is 6.44. The lowest BCUT2D eigenvalue weighted by molar-refractivity contribution is -0.130. The molecule has 1 aromatic carbocycles. The zero-order valence-electron chi connectivity index (χ0n) is 16.3. The van der Waals surface area contributed by atoms with Crippen LogP contribution < -0.4 is 0 Å². The smallest absolute Gasteiger partial charge is 0.295 e. The Hall–Kier alpha value is -3.99. The van der Waals surface area contributed by atoms with Gasteiger partial charge in [-0.1, -0.05) is 18.2 Å². The fourth-order valence-electron chi connectivity index (χ4n) is 3.71. The van der Waals surface area contributed by atoms with Crippen LogP contribution in [-0.2, 0) is 4.79 Å². The summed E-state index contributed by atoms with van der Waals surface area (Å²) in [6, 6.07) is 13.8. The number of piperazine rings is 1. The number of H-pyrrole nitrogens is 1. The first-order chi connectivity index (χ1) is 14.5. The minimum absolute atomic E-state index is 0.0862. The van der Waals surface area contributed by atoms with Gasteiger partial charge in [0.05, 0.1) is 5.56 Å². The Morgan fingerprint density at radius 2 is 1.90 bits per heavy atom. The number of pyridine rings is 1. The van der Waals surface area contributed by atoms with Gasteiger partial charge in [-0.05, 0) is 31.2 Å². The summed E-state index contributed by atoms with van der Waals surface area (Å²) in [5, 5.41) is 9.45. The number of rotatable bonds is 3. The fraction of sp³-hybridized carbons (Fsp3) is 0.227. The average molecular weight is 401 g/mol. The van der Waals surface area contributed by atoms with Gasteiger partial charge < -0.3 is 14.8 Å². The zero-order chi connectivity index (χ0) is 21.3. The molecule has 1 aliphatic heterocycles. The van der Waals surface area contributed by atoms with Crippen molar-refractivity contribution in [3.8, 4) is 6.07 Å². The number of fused-ring (bicyclic) bond motifs is 1. The van der Waals surface area contributed by atoms with Gasteiger partial charge in [-0.3, -0.25) is 14.4 Å². The van der Waals surface area contributed by atoms with Crippen molar-refractivity contribution in [2.75, 3.05) is 19.6 Å². The van der Waals surface area contributed by atoms with E-state index in [0.29, 0.717) is 29.7 Å². The van der Waals surface area contributed by atoms with E-state index in [2.05, 4.69) is 9.97 Å². The summed E-state index contributed by atoms with van der Waals surface area (Å²) in [6.45, 7) is 2.82. The number of nitriles is 1. The van der Waals surface area contributed by atoms with Crippen molar-refractivity contribution in [1.82, 2.24) is 19.8 Å². The number of amides is 2. The molecule has 1 atom stereocenters. The zero-order valence-corrected chi connectivity index (χ0v) is 16.3. The van der Waals surface area contributed by atoms with Crippen molar-refractivity contribution in [3.05, 3.63) is 65.5 Å². The summed E-state index contributed by atoms with van der Waals surface area (Å²) in [4.78, 5) is 48.6. The molecule has 2 aromatic heterocycles. The molecular formula is C22H19N5O3. The lowest BCUT2D eigenvalue weighted by atomic mass is 10.1. The van der Waals surface area contributed by atoms with E-state index in [4.69, 9.17) is 5.26 Å². The molecule has 0 saturated carbocycles. The Balaban J connectivity index is 1.49. The molecule has 0 unspecified atom stereocenters. The maximum absolute atomic E-state index is 12.9. The number of nitrogens with zero attached hydrogens (tertiary/aromatic N) is 4. The van der Waals surface area contributed by atoms with E-state index in [1.165, 1.54) is 17.2 Å². The fourth-order valence-corrected chi connectivity index (χ4v) is 3.71. The van der Waals surface area contributed by atoms with E-state index < -0.39 is 11.7 Å². The molecule has 4 rings (SSSR count). The summed E-state index contributed by atoms with van der Waals surface area (Å²) >= 11 is 0. The molecule has 1 fully saturated rings. The first-order valence-electron chi connectivity index (χ1n) is 9.57. The Kier molecular flexibility index (Phi) is 5.02. The molecule has 1 saturated heterocycles. The highest BCUT2D eigenvalue weighted by Crippen LogP contribution is 2.20. The minimum atomic E-state index is -0.637. The van der Waals surface area contributed by atoms with Crippen LogP contribution >= 0.6 is 0 Å². The van der Waals surface area contributed by atoms with Gasteiger partial charge >= 0.3 is 0 Å². The Morgan fingerprint density at radius 3 is 2.60 bits per heavy atom. The van der Waals surface area contributed by atoms with Crippen LogP contribution in [0.3, 0.4) is 0 Å². The van der Waals surface area contributed by atoms with Crippen LogP contribution in [0.25, 0.3) is 11.0 Å². The van der Waals surface area contributed by atoms with Crippen molar-refractivity contribution >= 4 is 28.6 Å². The van der Waals surface area contributed by atoms with E-state index in [1.54, 1.807) is 23.1 Å². The molecule has 0 radical (unpaired) electrons. The maximum atomic E-state index is 12.9. The SMILES string of the molecule is C[C@@H]1CN(C(=O)c2ccccc2)CCN1C(=O)C(=O)c1c[nH]c2nc(C#N)ccc12. The minimum Gasteiger partial charge on any atom is -0.345 e. The first-order valence-corrected chi connectivity index (χ1v) is 9.57. The summed E-state index contributed by atoms with van der Waals surface area (Å²) in [6.07, 6.45) is 1.44. The van der Waals surface area contributed by atoms with Gasteiger partial charge in [0.15, 0.2) is 0 Å². The van der Waals surface area contributed by atoms with E-state index in [9.17, 15) is 14.4 Å². The third-order valence-electron chi connectivity index (χ3n) is 5.29. The van der Waals surface area contributed by atoms with Crippen LogP contribution in [0, 0.1) is 11.3 Å². The number of aromatic nitrogens is 2. The number of hydrogen-bond donors (Lipinski definition) is 1. The van der Waals surface area contributed by atoms with E-state index in [-0.39, 0.29) is 29.8 Å². The van der Waals surface area contributed by atoms with Gasteiger partial charge in [-0.25, -0.2) is 4.98 Å². The molecule has 3 aromatic rings. The molecule has 3 heterocycles. The summed E-state index contributed by atoms with van der Waals surface area (Å²) in [7, 11) is 0. The lowest BCUT2D eigenvalue weighted by Crippen LogP contribution is -2.56. The van der Waals surface area contributed by atoms with Crippen molar-refractivity contribution in [2.24, 2.45) is 0 Å². The topological polar surface area (TPSA) is 110 Å². The van der Waals surface area contributed by atoms with Gasteiger partial charge in [0.1, 0.15) is 17.4 Å². The largest absolute Gasteiger partial charge is 0.345 e. The molecule has 30 heavy (non-hydrogen) atoms. The monoisotopic (exact) mass is 401 g/mol. The Morgan fingerprint density at radius 1 is 1.13 bits per heavy atom. The molecule has 8 nitrogen and oxygen atoms in total. The van der Waals surface area contributed by atoms with E-state index in [0.717, 1.165) is 0 Å². The van der Waals surface area contributed by atoms with Crippen molar-refractivity contribution in [3.63, 3.8) is 0 Å². The third kappa shape index (κ3) is 3.42. The number of hydrogen-bond acceptors (Lipinski definition) is 5. The average Bonchev–Trinajstić information content (AvgIpc) is 3.21. The highest BCUT2D eigenvalue weighted by atomic mass is 16.2. The third-order valence-corrected chi connectivity index (χ3v) is 5.29. The van der Waals surface area contributed by atoms with Crippen LogP contribution in [0.4, 0.5) is 0 Å². The maximum Gasteiger partial charge on any atom is 0.295 e. The quantitative estimate of drug-likeness (QED) is 0.533. The molecular weight excluding hydrogens is 382 g/mol. The number of carbonyl (C=O) groups is 3. The second kappa shape index (κ2) is 7.79. The van der Waals surface area contributed by atoms with Gasteiger partial charge in [-0.2, -0.15) is 5.26 Å². The molecule has 0 aliphatic carbocycles. The number of ketones is 1. The highest BCUT2D eigenvalue weighted by Gasteiger charge is 2.34. The van der Waals surface area contributed by atoms with Gasteiger partial charge in [0.2, 0.25) is 0 Å². The Labute approximate surface area is 172 Å². The standard InChI is InChI=1S/C22H19N5O3/c1-14-13-26(21(29)15-5-3-2-4-6-15)9-10-27(14)22(30)19(28)18-12-24-20-17(18)8-7-16(11-23)25-20/h2-8,12,14H,9-10,13H2,1H3,(H,24,25)/t14-/m1/s1. The van der Waals surface area contributed by atoms with Gasteiger partial charge in [-0.15, -0.1) is 0 Å². The predicted octanol–water partition coefficient (Wildman–Crippen LogP) is 1.99. The number of Topliss-reactive ketones (excluding diaryl/α,β-unsaturated/α-hetero) is 1. The molecule has 8 heteroatoms. The molecule has 1 aliphatic rings. The number of carbonyl (C=O) groups excluding carboxylic acids is 3. The van der Waals surface area contributed by atoms with Crippen LogP contribution in [-0.4, -0.2) is 63.0 Å². The van der Waals surface area contributed by atoms with Crippen molar-refractivity contribution in [2.45, 2.75) is 13.0 Å². The number of benzene rings is 1. The second-order valence-corrected chi connectivity index (χ2v) is 7.20. The molecule has 0 bridgehead atoms. The van der Waals surface area contributed by atoms with Crippen molar-refractivity contribution in [1.29, 1.82) is 5.26 Å². The van der Waals surface area contributed by atoms with E-state index >= 15 is 0 Å². The molecule has 2 amide bonds. The number of nitrogens with one attached hydrogen (secondary N) is 1. The van der Waals surface area contributed by atoms with Crippen molar-refractivity contribution < 1.29 is 14.4 Å². The van der Waals surface area contributed by atoms with E-state index in [1.807, 2.05) is 31.2 Å². The molecule has 0 spiro atoms. The van der Waals surface area contributed by atoms with Crippen LogP contribution in [0.5, 0.6) is 0 Å². The molecule has 1 N–H and O–H groups in total. The molecule has 150 valence electrons. The summed E-state index contributed by atoms with van der Waals surface area (Å²) in [5.74, 6) is -1.33. The second-order valence-electron chi connectivity index (χ2n) is 7.20. The van der Waals surface area contributed by atoms with Gasteiger partial charge in [0, 0.05) is 42.8 Å². The number of aromatic amines is 1. The Bertz CT molecular complexity index is 1180. The normalized spacial score (nSPS) is 16.3. The van der Waals surface area contributed by atoms with Crippen LogP contribution in [0.1, 0.15) is 33.3 Å². The van der Waals surface area contributed by atoms with Gasteiger partial charge in [0.25, 0.3) is 17.6 Å². The van der Waals surface area contributed by atoms with Crippen LogP contribution in [0.15, 0.2) is 48.7 Å². The lowest BCUT2D eigenvalue weighted by Gasteiger charge is -2.39. The summed E-state index contributed by atoms with van der Waals surface area (Å²) in [5.41, 5.74) is 1.43. The first kappa shape index (κ1) is 19.3. The predicted molar refractivity (Wildman–Crippen MR) is 109 cm³/mol.